The van der Waals surface area contributed by atoms with Crippen molar-refractivity contribution in [3.05, 3.63) is 76.4 Å². The van der Waals surface area contributed by atoms with Crippen LogP contribution in [0, 0.1) is 6.92 Å². The van der Waals surface area contributed by atoms with E-state index in [1.165, 1.54) is 5.56 Å². The number of hydrogen-bond acceptors (Lipinski definition) is 6. The fourth-order valence-corrected chi connectivity index (χ4v) is 5.34. The highest BCUT2D eigenvalue weighted by atomic mass is 19.4. The number of hydrogen-bond donors (Lipinski definition) is 2. The Morgan fingerprint density at radius 3 is 2.65 bits per heavy atom. The number of alkyl halides is 3. The van der Waals surface area contributed by atoms with Gasteiger partial charge in [-0.2, -0.15) is 13.2 Å². The number of amidine groups is 1. The first-order chi connectivity index (χ1) is 20.6. The first-order valence-electron chi connectivity index (χ1n) is 15.1. The van der Waals surface area contributed by atoms with Gasteiger partial charge in [0.25, 0.3) is 5.91 Å². The lowest BCUT2D eigenvalue weighted by atomic mass is 9.88. The second kappa shape index (κ2) is 14.9. The van der Waals surface area contributed by atoms with Gasteiger partial charge in [-0.15, -0.1) is 0 Å². The highest BCUT2D eigenvalue weighted by Crippen LogP contribution is 2.34. The lowest BCUT2D eigenvalue weighted by Gasteiger charge is -2.37. The Bertz CT molecular complexity index is 1300. The van der Waals surface area contributed by atoms with E-state index in [2.05, 4.69) is 34.5 Å². The molecule has 2 heterocycles. The zero-order valence-corrected chi connectivity index (χ0v) is 25.4. The van der Waals surface area contributed by atoms with E-state index in [9.17, 15) is 18.0 Å². The molecule has 4 rings (SSSR count). The van der Waals surface area contributed by atoms with E-state index in [4.69, 9.17) is 9.47 Å². The molecule has 0 bridgehead atoms. The molecular formula is C33H43F3N4O3. The van der Waals surface area contributed by atoms with Crippen molar-refractivity contribution in [2.75, 3.05) is 53.0 Å². The summed E-state index contributed by atoms with van der Waals surface area (Å²) in [5.74, 6) is 0.528. The number of aryl methyl sites for hydroxylation is 2. The topological polar surface area (TPSA) is 75.2 Å². The summed E-state index contributed by atoms with van der Waals surface area (Å²) in [6, 6.07) is 9.57. The molecular weight excluding hydrogens is 557 g/mol. The third-order valence-corrected chi connectivity index (χ3v) is 7.96. The van der Waals surface area contributed by atoms with Gasteiger partial charge in [0.2, 0.25) is 0 Å². The normalized spacial score (nSPS) is 16.8. The minimum absolute atomic E-state index is 0.128. The third kappa shape index (κ3) is 9.31. The number of carbonyl (C=O) groups excluding carboxylic acids is 1. The number of ether oxygens (including phenoxy) is 2. The predicted octanol–water partition coefficient (Wildman–Crippen LogP) is 5.55. The molecule has 0 aliphatic carbocycles. The lowest BCUT2D eigenvalue weighted by molar-refractivity contribution is -0.137. The minimum atomic E-state index is -4.49. The summed E-state index contributed by atoms with van der Waals surface area (Å²) in [4.78, 5) is 19.2. The first kappa shape index (κ1) is 32.5. The highest BCUT2D eigenvalue weighted by Gasteiger charge is 2.39. The second-order valence-electron chi connectivity index (χ2n) is 11.4. The molecule has 2 aliphatic heterocycles. The molecule has 7 nitrogen and oxygen atoms in total. The van der Waals surface area contributed by atoms with E-state index in [0.29, 0.717) is 49.7 Å². The van der Waals surface area contributed by atoms with Gasteiger partial charge in [-0.3, -0.25) is 9.79 Å². The van der Waals surface area contributed by atoms with Crippen LogP contribution in [-0.4, -0.2) is 75.2 Å². The maximum absolute atomic E-state index is 13.7. The standard InChI is InChI=1S/C33H43F3N4O3/c1-4-8-25-9-10-26(19-24(25)2)31(41)37-13-18-42-16-6-5-7-17-43-29-21-27(20-28(22-29)33(34,35)36)30-38-23-32(39-30)11-14-40(3)15-12-32/h5-6,9-10,19-22H,4,7-8,11-18,23H2,1-3H3,(H,37,41)(H,38,39)/b6-5+. The zero-order chi connectivity index (χ0) is 30.9. The number of halogens is 3. The van der Waals surface area contributed by atoms with Gasteiger partial charge in [-0.25, -0.2) is 0 Å². The van der Waals surface area contributed by atoms with Crippen LogP contribution in [0.3, 0.4) is 0 Å². The summed E-state index contributed by atoms with van der Waals surface area (Å²) in [6.45, 7) is 7.90. The van der Waals surface area contributed by atoms with Crippen LogP contribution in [0.5, 0.6) is 5.75 Å². The average molecular weight is 601 g/mol. The first-order valence-corrected chi connectivity index (χ1v) is 15.1. The number of rotatable bonds is 13. The van der Waals surface area contributed by atoms with Crippen LogP contribution in [0.25, 0.3) is 0 Å². The van der Waals surface area contributed by atoms with Gasteiger partial charge in [0.15, 0.2) is 0 Å². The number of aliphatic imine (C=N–C) groups is 1. The van der Waals surface area contributed by atoms with Gasteiger partial charge in [0.1, 0.15) is 11.6 Å². The Hall–Kier alpha value is -3.37. The van der Waals surface area contributed by atoms with Crippen LogP contribution >= 0.6 is 0 Å². The largest absolute Gasteiger partial charge is 0.493 e. The molecule has 234 valence electrons. The highest BCUT2D eigenvalue weighted by molar-refractivity contribution is 6.01. The molecule has 1 saturated heterocycles. The van der Waals surface area contributed by atoms with Crippen LogP contribution in [0.4, 0.5) is 13.2 Å². The van der Waals surface area contributed by atoms with E-state index in [1.807, 2.05) is 37.3 Å². The molecule has 1 spiro atoms. The van der Waals surface area contributed by atoms with Crippen molar-refractivity contribution < 1.29 is 27.4 Å². The molecule has 2 aromatic rings. The summed E-state index contributed by atoms with van der Waals surface area (Å²) >= 11 is 0. The molecule has 43 heavy (non-hydrogen) atoms. The fraction of sp³-hybridized carbons (Fsp3) is 0.515. The summed E-state index contributed by atoms with van der Waals surface area (Å²) < 4.78 is 52.2. The van der Waals surface area contributed by atoms with Gasteiger partial charge < -0.3 is 25.0 Å². The SMILES string of the molecule is CCCc1ccc(C(=O)NCCOC/C=C/CCOc2cc(C3=NCC4(CCN(C)CC4)N3)cc(C(F)(F)F)c2)cc1C. The van der Waals surface area contributed by atoms with Crippen LogP contribution in [0.2, 0.25) is 0 Å². The van der Waals surface area contributed by atoms with E-state index in [0.717, 1.165) is 56.5 Å². The molecule has 2 aliphatic rings. The number of benzene rings is 2. The Labute approximate surface area is 252 Å². The van der Waals surface area contributed by atoms with Crippen LogP contribution in [0.1, 0.15) is 65.2 Å². The Balaban J connectivity index is 1.18. The quantitative estimate of drug-likeness (QED) is 0.233. The number of nitrogens with one attached hydrogen (secondary N) is 2. The maximum atomic E-state index is 13.7. The molecule has 0 radical (unpaired) electrons. The van der Waals surface area contributed by atoms with Gasteiger partial charge in [0, 0.05) is 30.8 Å². The summed E-state index contributed by atoms with van der Waals surface area (Å²) in [5, 5.41) is 6.29. The Morgan fingerprint density at radius 1 is 1.14 bits per heavy atom. The van der Waals surface area contributed by atoms with Gasteiger partial charge in [-0.1, -0.05) is 31.6 Å². The number of piperidine rings is 1. The number of carbonyl (C=O) groups is 1. The Kier molecular flexibility index (Phi) is 11.3. The predicted molar refractivity (Wildman–Crippen MR) is 163 cm³/mol. The van der Waals surface area contributed by atoms with E-state index in [1.54, 1.807) is 6.07 Å². The lowest BCUT2D eigenvalue weighted by Crippen LogP contribution is -2.53. The van der Waals surface area contributed by atoms with E-state index in [-0.39, 0.29) is 23.8 Å². The average Bonchev–Trinajstić information content (AvgIpc) is 3.40. The van der Waals surface area contributed by atoms with Gasteiger partial charge in [0.05, 0.1) is 37.5 Å². The smallest absolute Gasteiger partial charge is 0.416 e. The maximum Gasteiger partial charge on any atom is 0.416 e. The number of nitrogens with zero attached hydrogens (tertiary/aromatic N) is 2. The van der Waals surface area contributed by atoms with Crippen molar-refractivity contribution in [3.63, 3.8) is 0 Å². The third-order valence-electron chi connectivity index (χ3n) is 7.96. The summed E-state index contributed by atoms with van der Waals surface area (Å²) in [7, 11) is 2.07. The van der Waals surface area contributed by atoms with Crippen molar-refractivity contribution in [1.82, 2.24) is 15.5 Å². The number of amides is 1. The molecule has 2 N–H and O–H groups in total. The zero-order valence-electron chi connectivity index (χ0n) is 25.4. The van der Waals surface area contributed by atoms with Crippen molar-refractivity contribution in [2.24, 2.45) is 4.99 Å². The fourth-order valence-electron chi connectivity index (χ4n) is 5.34. The molecule has 0 saturated carbocycles. The molecule has 0 unspecified atom stereocenters. The molecule has 2 aromatic carbocycles. The van der Waals surface area contributed by atoms with Crippen molar-refractivity contribution in [2.45, 2.75) is 57.7 Å². The molecule has 10 heteroatoms. The van der Waals surface area contributed by atoms with Crippen molar-refractivity contribution in [1.29, 1.82) is 0 Å². The summed E-state index contributed by atoms with van der Waals surface area (Å²) in [6.07, 6.45) is 3.57. The monoisotopic (exact) mass is 600 g/mol. The molecule has 1 amide bonds. The molecule has 1 fully saturated rings. The summed E-state index contributed by atoms with van der Waals surface area (Å²) in [5.41, 5.74) is 2.47. The second-order valence-corrected chi connectivity index (χ2v) is 11.4. The van der Waals surface area contributed by atoms with Gasteiger partial charge >= 0.3 is 6.18 Å². The van der Waals surface area contributed by atoms with E-state index >= 15 is 0 Å². The van der Waals surface area contributed by atoms with Crippen LogP contribution in [-0.2, 0) is 17.3 Å². The van der Waals surface area contributed by atoms with Crippen LogP contribution < -0.4 is 15.4 Å². The van der Waals surface area contributed by atoms with Crippen molar-refractivity contribution >= 4 is 11.7 Å². The molecule has 0 aromatic heterocycles. The van der Waals surface area contributed by atoms with Gasteiger partial charge in [-0.05, 0) is 81.1 Å². The van der Waals surface area contributed by atoms with Crippen molar-refractivity contribution in [3.8, 4) is 5.75 Å². The number of likely N-dealkylation sites (tertiary alicyclic amines) is 1. The van der Waals surface area contributed by atoms with E-state index < -0.39 is 11.7 Å². The Morgan fingerprint density at radius 2 is 1.93 bits per heavy atom. The molecule has 0 atom stereocenters. The van der Waals surface area contributed by atoms with Crippen LogP contribution in [0.15, 0.2) is 53.5 Å². The minimum Gasteiger partial charge on any atom is -0.493 e.